The highest BCUT2D eigenvalue weighted by atomic mass is 32.1. The minimum absolute atomic E-state index is 0.102. The van der Waals surface area contributed by atoms with Gasteiger partial charge in [0.1, 0.15) is 5.75 Å². The summed E-state index contributed by atoms with van der Waals surface area (Å²) in [5.41, 5.74) is 8.59. The predicted octanol–water partition coefficient (Wildman–Crippen LogP) is 6.30. The van der Waals surface area contributed by atoms with Crippen LogP contribution in [0.4, 0.5) is 10.5 Å². The summed E-state index contributed by atoms with van der Waals surface area (Å²) in [6.45, 7) is 7.68. The maximum Gasteiger partial charge on any atom is 0.348 e. The van der Waals surface area contributed by atoms with Crippen LogP contribution in [-0.2, 0) is 6.54 Å². The van der Waals surface area contributed by atoms with E-state index in [2.05, 4.69) is 77.5 Å². The molecule has 38 heavy (non-hydrogen) atoms. The van der Waals surface area contributed by atoms with E-state index in [1.807, 2.05) is 20.9 Å². The lowest BCUT2D eigenvalue weighted by Crippen LogP contribution is -2.62. The molecule has 2 atom stereocenters. The highest BCUT2D eigenvalue weighted by Crippen LogP contribution is 2.47. The molecule has 1 fully saturated rings. The molecule has 4 bridgehead atoms. The van der Waals surface area contributed by atoms with Crippen molar-refractivity contribution in [3.8, 4) is 17.0 Å². The molecule has 0 radical (unpaired) electrons. The van der Waals surface area contributed by atoms with Crippen molar-refractivity contribution in [2.45, 2.75) is 77.0 Å². The molecule has 202 valence electrons. The summed E-state index contributed by atoms with van der Waals surface area (Å²) in [4.78, 5) is 15.0. The summed E-state index contributed by atoms with van der Waals surface area (Å²) in [6.07, 6.45) is 6.29. The Balaban J connectivity index is 1.64. The zero-order valence-electron chi connectivity index (χ0n) is 22.8. The molecule has 1 aromatic heterocycles. The molecular formula is C30H39N5O2S. The minimum atomic E-state index is -0.577. The third-order valence-corrected chi connectivity index (χ3v) is 8.92. The average Bonchev–Trinajstić information content (AvgIpc) is 3.20. The Morgan fingerprint density at radius 3 is 2.63 bits per heavy atom. The molecule has 1 unspecified atom stereocenters. The third-order valence-electron chi connectivity index (χ3n) is 8.65. The number of nitrogens with zero attached hydrogens (tertiary/aromatic N) is 3. The molecule has 2 N–H and O–H groups in total. The van der Waals surface area contributed by atoms with Crippen molar-refractivity contribution in [2.24, 2.45) is 5.92 Å². The van der Waals surface area contributed by atoms with Crippen LogP contribution in [0.2, 0.25) is 0 Å². The van der Waals surface area contributed by atoms with Crippen LogP contribution < -0.4 is 20.4 Å². The quantitative estimate of drug-likeness (QED) is 0.321. The van der Waals surface area contributed by atoms with Crippen LogP contribution in [0.1, 0.15) is 64.4 Å². The number of amides is 2. The van der Waals surface area contributed by atoms with Crippen molar-refractivity contribution in [1.29, 1.82) is 0 Å². The number of hydrogen-bond acceptors (Lipinski definition) is 5. The van der Waals surface area contributed by atoms with Crippen LogP contribution in [0, 0.1) is 5.92 Å². The number of hydrogen-bond donors (Lipinski definition) is 3. The lowest BCUT2D eigenvalue weighted by molar-refractivity contribution is 0.138. The van der Waals surface area contributed by atoms with E-state index in [-0.39, 0.29) is 18.0 Å². The summed E-state index contributed by atoms with van der Waals surface area (Å²) >= 11 is 4.50. The van der Waals surface area contributed by atoms with E-state index in [1.165, 1.54) is 64.2 Å². The van der Waals surface area contributed by atoms with E-state index in [9.17, 15) is 4.79 Å². The van der Waals surface area contributed by atoms with Gasteiger partial charge in [0.15, 0.2) is 0 Å². The van der Waals surface area contributed by atoms with Gasteiger partial charge in [-0.2, -0.15) is 0 Å². The molecule has 2 aromatic carbocycles. The van der Waals surface area contributed by atoms with Crippen molar-refractivity contribution in [1.82, 2.24) is 19.7 Å². The van der Waals surface area contributed by atoms with Crippen molar-refractivity contribution in [3.63, 3.8) is 0 Å². The van der Waals surface area contributed by atoms with Gasteiger partial charge in [0.2, 0.25) is 0 Å². The van der Waals surface area contributed by atoms with Crippen molar-refractivity contribution in [3.05, 3.63) is 48.0 Å². The number of urea groups is 1. The van der Waals surface area contributed by atoms with Gasteiger partial charge in [0.05, 0.1) is 23.5 Å². The number of para-hydroxylation sites is 1. The first-order valence-corrected chi connectivity index (χ1v) is 14.3. The maximum absolute atomic E-state index is 13.4. The van der Waals surface area contributed by atoms with Gasteiger partial charge in [0.25, 0.3) is 0 Å². The minimum Gasteiger partial charge on any atom is -0.492 e. The number of thiol groups is 1. The fourth-order valence-corrected chi connectivity index (χ4v) is 7.10. The summed E-state index contributed by atoms with van der Waals surface area (Å²) < 4.78 is 10.4. The first kappa shape index (κ1) is 25.6. The molecule has 1 aliphatic carbocycles. The van der Waals surface area contributed by atoms with Gasteiger partial charge in [-0.15, -0.1) is 0 Å². The first-order valence-electron chi connectivity index (χ1n) is 13.9. The van der Waals surface area contributed by atoms with E-state index in [0.717, 1.165) is 18.0 Å². The fourth-order valence-electron chi connectivity index (χ4n) is 6.72. The standard InChI is InChI=1S/C30H39N5O2S/c1-19-21-17-34-25-16-22(33(4)29(36)35(38)32-30(2,3)31-19)14-15-23(25)27(20-10-6-5-7-11-20)28(34)24-12-8-9-13-26(24)37-18-21/h8-9,12-16,19-21,31-32,38H,5-7,10-11,17-18H2,1-4H3/t19?,21-/m1/s1. The van der Waals surface area contributed by atoms with Crippen molar-refractivity contribution in [2.75, 3.05) is 18.6 Å². The molecule has 1 saturated carbocycles. The Hall–Kier alpha value is -2.68. The van der Waals surface area contributed by atoms with E-state index < -0.39 is 5.66 Å². The number of rotatable bonds is 1. The second-order valence-corrected chi connectivity index (χ2v) is 12.2. The van der Waals surface area contributed by atoms with Crippen LogP contribution in [0.15, 0.2) is 42.5 Å². The molecule has 0 saturated heterocycles. The van der Waals surface area contributed by atoms with Gasteiger partial charge in [-0.05, 0) is 82.2 Å². The number of fused-ring (bicyclic) bond motifs is 4. The highest BCUT2D eigenvalue weighted by Gasteiger charge is 2.35. The first-order chi connectivity index (χ1) is 18.2. The van der Waals surface area contributed by atoms with E-state index in [0.29, 0.717) is 12.5 Å². The Kier molecular flexibility index (Phi) is 6.61. The molecule has 8 heteroatoms. The molecule has 3 aliphatic rings. The summed E-state index contributed by atoms with van der Waals surface area (Å²) in [7, 11) is 1.81. The SMILES string of the molecule is CC1NC(C)(C)NN(S)C(=O)N(C)c2ccc3c(C4CCCCC4)c4n(c3c2)C[C@@H]1COc1ccccc1-4. The topological polar surface area (TPSA) is 61.8 Å². The second kappa shape index (κ2) is 9.81. The number of aromatic nitrogens is 1. The van der Waals surface area contributed by atoms with Gasteiger partial charge in [-0.25, -0.2) is 14.6 Å². The number of carbonyl (C=O) groups is 1. The smallest absolute Gasteiger partial charge is 0.348 e. The van der Waals surface area contributed by atoms with Gasteiger partial charge >= 0.3 is 6.03 Å². The summed E-state index contributed by atoms with van der Waals surface area (Å²) in [5, 5.41) is 5.00. The number of carbonyl (C=O) groups excluding carboxylic acids is 1. The van der Waals surface area contributed by atoms with E-state index in [1.54, 1.807) is 4.90 Å². The molecule has 2 aliphatic heterocycles. The Morgan fingerprint density at radius 1 is 1.08 bits per heavy atom. The van der Waals surface area contributed by atoms with Crippen LogP contribution in [0.3, 0.4) is 0 Å². The Bertz CT molecular complexity index is 1360. The third kappa shape index (κ3) is 4.46. The number of nitrogens with one attached hydrogen (secondary N) is 2. The van der Waals surface area contributed by atoms with Crippen molar-refractivity contribution < 1.29 is 9.53 Å². The average molecular weight is 534 g/mol. The molecule has 3 aromatic rings. The Labute approximate surface area is 231 Å². The monoisotopic (exact) mass is 533 g/mol. The molecular weight excluding hydrogens is 494 g/mol. The molecule has 0 spiro atoms. The number of benzene rings is 2. The van der Waals surface area contributed by atoms with Crippen LogP contribution in [0.25, 0.3) is 22.2 Å². The van der Waals surface area contributed by atoms with Gasteiger partial charge in [-0.3, -0.25) is 10.2 Å². The lowest BCUT2D eigenvalue weighted by Gasteiger charge is -2.38. The second-order valence-electron chi connectivity index (χ2n) is 11.8. The number of hydrazine groups is 1. The molecule has 7 nitrogen and oxygen atoms in total. The van der Waals surface area contributed by atoms with Gasteiger partial charge < -0.3 is 9.30 Å². The predicted molar refractivity (Wildman–Crippen MR) is 157 cm³/mol. The van der Waals surface area contributed by atoms with Gasteiger partial charge in [0, 0.05) is 42.2 Å². The van der Waals surface area contributed by atoms with E-state index in [4.69, 9.17) is 4.74 Å². The zero-order valence-corrected chi connectivity index (χ0v) is 23.7. The van der Waals surface area contributed by atoms with Gasteiger partial charge in [-0.1, -0.05) is 37.5 Å². The zero-order chi connectivity index (χ0) is 26.6. The molecule has 3 heterocycles. The largest absolute Gasteiger partial charge is 0.492 e. The maximum atomic E-state index is 13.4. The van der Waals surface area contributed by atoms with Crippen molar-refractivity contribution >= 4 is 35.4 Å². The number of ether oxygens (including phenoxy) is 1. The molecule has 6 rings (SSSR count). The summed E-state index contributed by atoms with van der Waals surface area (Å²) in [5.74, 6) is 1.66. The van der Waals surface area contributed by atoms with E-state index >= 15 is 0 Å². The lowest BCUT2D eigenvalue weighted by atomic mass is 9.81. The molecule has 2 amide bonds. The van der Waals surface area contributed by atoms with Crippen LogP contribution in [-0.4, -0.2) is 40.4 Å². The van der Waals surface area contributed by atoms with Crippen LogP contribution >= 0.6 is 12.8 Å². The number of anilines is 1. The Morgan fingerprint density at radius 2 is 1.84 bits per heavy atom. The fraction of sp³-hybridized carbons (Fsp3) is 0.500. The summed E-state index contributed by atoms with van der Waals surface area (Å²) in [6, 6.07) is 14.9. The van der Waals surface area contributed by atoms with Crippen LogP contribution in [0.5, 0.6) is 5.75 Å². The normalized spacial score (nSPS) is 24.3. The highest BCUT2D eigenvalue weighted by molar-refractivity contribution is 7.78.